The van der Waals surface area contributed by atoms with Gasteiger partial charge in [0.05, 0.1) is 6.42 Å². The number of anilines is 1. The highest BCUT2D eigenvalue weighted by Crippen LogP contribution is 2.35. The van der Waals surface area contributed by atoms with Crippen LogP contribution in [0.5, 0.6) is 11.5 Å². The van der Waals surface area contributed by atoms with Crippen LogP contribution in [0.3, 0.4) is 0 Å². The average Bonchev–Trinajstić information content (AvgIpc) is 2.85. The third-order valence-corrected chi connectivity index (χ3v) is 3.40. The molecule has 2 aliphatic heterocycles. The molecular formula is C13H16N2O4. The Kier molecular flexibility index (Phi) is 3.16. The number of aliphatic carboxylic acids is 1. The first kappa shape index (κ1) is 12.1. The van der Waals surface area contributed by atoms with Crippen molar-refractivity contribution in [2.24, 2.45) is 0 Å². The van der Waals surface area contributed by atoms with E-state index >= 15 is 0 Å². The van der Waals surface area contributed by atoms with Crippen LogP contribution in [-0.4, -0.2) is 43.5 Å². The minimum absolute atomic E-state index is 0.0170. The SMILES string of the molecule is O=C(O)CC1CN(c2ccc3c(c2)OCO3)CCN1. The van der Waals surface area contributed by atoms with Crippen LogP contribution < -0.4 is 19.7 Å². The lowest BCUT2D eigenvalue weighted by molar-refractivity contribution is -0.137. The molecule has 1 saturated heterocycles. The summed E-state index contributed by atoms with van der Waals surface area (Å²) in [6.07, 6.45) is 0.140. The van der Waals surface area contributed by atoms with Gasteiger partial charge in [-0.25, -0.2) is 0 Å². The van der Waals surface area contributed by atoms with E-state index in [2.05, 4.69) is 10.2 Å². The van der Waals surface area contributed by atoms with Gasteiger partial charge in [-0.1, -0.05) is 0 Å². The van der Waals surface area contributed by atoms with Crippen molar-refractivity contribution in [3.05, 3.63) is 18.2 Å². The van der Waals surface area contributed by atoms with Crippen molar-refractivity contribution in [3.8, 4) is 11.5 Å². The molecule has 2 N–H and O–H groups in total. The van der Waals surface area contributed by atoms with Crippen LogP contribution in [0, 0.1) is 0 Å². The first-order valence-corrected chi connectivity index (χ1v) is 6.32. The van der Waals surface area contributed by atoms with Crippen LogP contribution in [0.25, 0.3) is 0 Å². The summed E-state index contributed by atoms with van der Waals surface area (Å²) in [5, 5.41) is 12.1. The Labute approximate surface area is 110 Å². The van der Waals surface area contributed by atoms with Crippen LogP contribution in [0.1, 0.15) is 6.42 Å². The Balaban J connectivity index is 1.72. The van der Waals surface area contributed by atoms with Gasteiger partial charge in [-0.2, -0.15) is 0 Å². The molecule has 1 atom stereocenters. The summed E-state index contributed by atoms with van der Waals surface area (Å²) in [5.74, 6) is 0.747. The molecule has 0 amide bonds. The quantitative estimate of drug-likeness (QED) is 0.836. The fraction of sp³-hybridized carbons (Fsp3) is 0.462. The number of carbonyl (C=O) groups is 1. The molecule has 6 nitrogen and oxygen atoms in total. The number of rotatable bonds is 3. The maximum Gasteiger partial charge on any atom is 0.304 e. The van der Waals surface area contributed by atoms with Gasteiger partial charge in [0.1, 0.15) is 0 Å². The fourth-order valence-electron chi connectivity index (χ4n) is 2.49. The first-order chi connectivity index (χ1) is 9.22. The average molecular weight is 264 g/mol. The number of fused-ring (bicyclic) bond motifs is 1. The Hall–Kier alpha value is -1.95. The highest BCUT2D eigenvalue weighted by molar-refractivity contribution is 5.68. The van der Waals surface area contributed by atoms with Crippen molar-refractivity contribution in [3.63, 3.8) is 0 Å². The maximum absolute atomic E-state index is 10.8. The van der Waals surface area contributed by atoms with Gasteiger partial charge in [0.15, 0.2) is 11.5 Å². The largest absolute Gasteiger partial charge is 0.481 e. The second-order valence-corrected chi connectivity index (χ2v) is 4.73. The van der Waals surface area contributed by atoms with Gasteiger partial charge in [-0.15, -0.1) is 0 Å². The van der Waals surface area contributed by atoms with Crippen LogP contribution in [0.15, 0.2) is 18.2 Å². The molecule has 2 heterocycles. The van der Waals surface area contributed by atoms with Crippen molar-refractivity contribution < 1.29 is 19.4 Å². The third-order valence-electron chi connectivity index (χ3n) is 3.40. The lowest BCUT2D eigenvalue weighted by atomic mass is 10.1. The Morgan fingerprint density at radius 3 is 3.11 bits per heavy atom. The fourth-order valence-corrected chi connectivity index (χ4v) is 2.49. The van der Waals surface area contributed by atoms with Crippen molar-refractivity contribution in [1.82, 2.24) is 5.32 Å². The second kappa shape index (κ2) is 4.97. The normalized spacial score (nSPS) is 21.5. The van der Waals surface area contributed by atoms with Crippen LogP contribution in [0.2, 0.25) is 0 Å². The molecular weight excluding hydrogens is 248 g/mol. The molecule has 3 rings (SSSR count). The third kappa shape index (κ3) is 2.58. The van der Waals surface area contributed by atoms with E-state index in [1.165, 1.54) is 0 Å². The van der Waals surface area contributed by atoms with Gasteiger partial charge >= 0.3 is 5.97 Å². The van der Waals surface area contributed by atoms with Gasteiger partial charge in [0, 0.05) is 37.4 Å². The highest BCUT2D eigenvalue weighted by Gasteiger charge is 2.23. The highest BCUT2D eigenvalue weighted by atomic mass is 16.7. The predicted octanol–water partition coefficient (Wildman–Crippen LogP) is 0.668. The molecule has 19 heavy (non-hydrogen) atoms. The number of nitrogens with zero attached hydrogens (tertiary/aromatic N) is 1. The summed E-state index contributed by atoms with van der Waals surface area (Å²) in [7, 11) is 0. The van der Waals surface area contributed by atoms with Gasteiger partial charge < -0.3 is 24.8 Å². The van der Waals surface area contributed by atoms with Crippen molar-refractivity contribution in [1.29, 1.82) is 0 Å². The molecule has 0 aromatic heterocycles. The zero-order valence-electron chi connectivity index (χ0n) is 10.5. The Bertz CT molecular complexity index is 492. The molecule has 0 saturated carbocycles. The minimum atomic E-state index is -0.773. The van der Waals surface area contributed by atoms with Crippen LogP contribution in [0.4, 0.5) is 5.69 Å². The molecule has 6 heteroatoms. The van der Waals surface area contributed by atoms with E-state index in [1.54, 1.807) is 0 Å². The molecule has 2 aliphatic rings. The summed E-state index contributed by atoms with van der Waals surface area (Å²) in [6.45, 7) is 2.59. The summed E-state index contributed by atoms with van der Waals surface area (Å²) in [6, 6.07) is 5.81. The lowest BCUT2D eigenvalue weighted by Crippen LogP contribution is -2.51. The number of piperazine rings is 1. The molecule has 1 aromatic carbocycles. The van der Waals surface area contributed by atoms with Gasteiger partial charge in [0.2, 0.25) is 6.79 Å². The van der Waals surface area contributed by atoms with Crippen molar-refractivity contribution >= 4 is 11.7 Å². The molecule has 0 radical (unpaired) electrons. The summed E-state index contributed by atoms with van der Waals surface area (Å²) >= 11 is 0. The van der Waals surface area contributed by atoms with E-state index in [4.69, 9.17) is 14.6 Å². The van der Waals surface area contributed by atoms with Crippen LogP contribution >= 0.6 is 0 Å². The van der Waals surface area contributed by atoms with Gasteiger partial charge in [-0.05, 0) is 12.1 Å². The molecule has 0 spiro atoms. The summed E-state index contributed by atoms with van der Waals surface area (Å²) in [4.78, 5) is 12.9. The van der Waals surface area contributed by atoms with E-state index in [0.717, 1.165) is 30.3 Å². The monoisotopic (exact) mass is 264 g/mol. The number of carboxylic acid groups (broad SMARTS) is 1. The van der Waals surface area contributed by atoms with E-state index in [0.29, 0.717) is 6.54 Å². The predicted molar refractivity (Wildman–Crippen MR) is 68.8 cm³/mol. The molecule has 1 aromatic rings. The number of carboxylic acids is 1. The number of hydrogen-bond acceptors (Lipinski definition) is 5. The lowest BCUT2D eigenvalue weighted by Gasteiger charge is -2.34. The molecule has 0 bridgehead atoms. The van der Waals surface area contributed by atoms with E-state index < -0.39 is 5.97 Å². The minimum Gasteiger partial charge on any atom is -0.481 e. The van der Waals surface area contributed by atoms with E-state index in [-0.39, 0.29) is 19.3 Å². The summed E-state index contributed by atoms with van der Waals surface area (Å²) < 4.78 is 10.6. The van der Waals surface area contributed by atoms with Crippen molar-refractivity contribution in [2.75, 3.05) is 31.3 Å². The molecule has 102 valence electrons. The van der Waals surface area contributed by atoms with E-state index in [1.807, 2.05) is 18.2 Å². The van der Waals surface area contributed by atoms with Gasteiger partial charge in [-0.3, -0.25) is 4.79 Å². The van der Waals surface area contributed by atoms with Crippen molar-refractivity contribution in [2.45, 2.75) is 12.5 Å². The molecule has 0 aliphatic carbocycles. The molecule has 1 fully saturated rings. The van der Waals surface area contributed by atoms with Crippen LogP contribution in [-0.2, 0) is 4.79 Å². The molecule has 1 unspecified atom stereocenters. The Morgan fingerprint density at radius 2 is 2.26 bits per heavy atom. The van der Waals surface area contributed by atoms with E-state index in [9.17, 15) is 4.79 Å². The number of nitrogens with one attached hydrogen (secondary N) is 1. The number of benzene rings is 1. The second-order valence-electron chi connectivity index (χ2n) is 4.73. The maximum atomic E-state index is 10.8. The zero-order chi connectivity index (χ0) is 13.2. The smallest absolute Gasteiger partial charge is 0.304 e. The Morgan fingerprint density at radius 1 is 1.42 bits per heavy atom. The standard InChI is InChI=1S/C13H16N2O4/c16-13(17)5-9-7-15(4-3-14-9)10-1-2-11-12(6-10)19-8-18-11/h1-2,6,9,14H,3-5,7-8H2,(H,16,17). The topological polar surface area (TPSA) is 71.0 Å². The number of ether oxygens (including phenoxy) is 2. The first-order valence-electron chi connectivity index (χ1n) is 6.32. The number of hydrogen-bond donors (Lipinski definition) is 2. The zero-order valence-corrected chi connectivity index (χ0v) is 10.5. The van der Waals surface area contributed by atoms with Gasteiger partial charge in [0.25, 0.3) is 0 Å². The summed E-state index contributed by atoms with van der Waals surface area (Å²) in [5.41, 5.74) is 1.04.